The van der Waals surface area contributed by atoms with Crippen molar-refractivity contribution in [2.24, 2.45) is 11.3 Å². The van der Waals surface area contributed by atoms with Crippen LogP contribution in [0, 0.1) is 11.3 Å². The normalized spacial score (nSPS) is 15.4. The minimum Gasteiger partial charge on any atom is -0.448 e. The lowest BCUT2D eigenvalue weighted by molar-refractivity contribution is -0.468. The second kappa shape index (κ2) is 13.8. The zero-order chi connectivity index (χ0) is 26.9. The third-order valence-electron chi connectivity index (χ3n) is 6.37. The molecule has 0 heterocycles. The maximum atomic E-state index is 13.7. The van der Waals surface area contributed by atoms with Gasteiger partial charge in [0.15, 0.2) is 0 Å². The molecule has 0 fully saturated rings. The molecule has 0 saturated carbocycles. The molecule has 0 saturated heterocycles. The Morgan fingerprint density at radius 3 is 2.36 bits per heavy atom. The molecule has 0 spiro atoms. The number of amides is 1. The average molecular weight is 535 g/mol. The SMILES string of the molecule is C=CC[C@@](C)(C[C@@H](c1cccc(Cl)c1)[C@@H](O)c1ccc(Cl)cc1)C(=O)N[C@H](COC=[N+](C)C)C(C)C. The van der Waals surface area contributed by atoms with Crippen LogP contribution in [0.15, 0.2) is 61.2 Å². The molecule has 2 aromatic rings. The molecule has 0 aliphatic heterocycles. The van der Waals surface area contributed by atoms with Gasteiger partial charge in [0.25, 0.3) is 0 Å². The fourth-order valence-corrected chi connectivity index (χ4v) is 4.48. The lowest BCUT2D eigenvalue weighted by Crippen LogP contribution is -2.48. The first-order chi connectivity index (χ1) is 17.0. The van der Waals surface area contributed by atoms with Crippen LogP contribution in [0.1, 0.15) is 56.8 Å². The van der Waals surface area contributed by atoms with E-state index in [1.807, 2.05) is 69.8 Å². The Morgan fingerprint density at radius 2 is 1.81 bits per heavy atom. The fourth-order valence-electron chi connectivity index (χ4n) is 4.15. The zero-order valence-corrected chi connectivity index (χ0v) is 23.4. The average Bonchev–Trinajstić information content (AvgIpc) is 2.81. The number of benzene rings is 2. The van der Waals surface area contributed by atoms with E-state index < -0.39 is 17.4 Å². The summed E-state index contributed by atoms with van der Waals surface area (Å²) in [5, 5.41) is 15.9. The van der Waals surface area contributed by atoms with Gasteiger partial charge in [-0.05, 0) is 54.2 Å². The summed E-state index contributed by atoms with van der Waals surface area (Å²) in [5.41, 5.74) is 0.747. The Kier molecular flexibility index (Phi) is 11.5. The van der Waals surface area contributed by atoms with Gasteiger partial charge in [-0.15, -0.1) is 6.58 Å². The molecule has 2 N–H and O–H groups in total. The number of aliphatic hydroxyl groups is 1. The molecule has 2 rings (SSSR count). The number of rotatable bonds is 13. The Hall–Kier alpha value is -2.34. The number of halogens is 2. The molecule has 36 heavy (non-hydrogen) atoms. The third kappa shape index (κ3) is 8.65. The van der Waals surface area contributed by atoms with E-state index in [0.717, 1.165) is 11.1 Å². The van der Waals surface area contributed by atoms with Gasteiger partial charge in [-0.2, -0.15) is 0 Å². The maximum Gasteiger partial charge on any atom is 0.323 e. The van der Waals surface area contributed by atoms with Gasteiger partial charge in [0, 0.05) is 16.0 Å². The molecule has 0 aromatic heterocycles. The van der Waals surface area contributed by atoms with Gasteiger partial charge in [0.1, 0.15) is 20.7 Å². The van der Waals surface area contributed by atoms with Gasteiger partial charge in [-0.1, -0.05) is 74.3 Å². The van der Waals surface area contributed by atoms with Crippen LogP contribution in [0.4, 0.5) is 0 Å². The van der Waals surface area contributed by atoms with Crippen LogP contribution in [-0.2, 0) is 9.53 Å². The van der Waals surface area contributed by atoms with Gasteiger partial charge in [0.2, 0.25) is 5.91 Å². The van der Waals surface area contributed by atoms with E-state index in [2.05, 4.69) is 11.9 Å². The van der Waals surface area contributed by atoms with Crippen molar-refractivity contribution in [3.63, 3.8) is 0 Å². The summed E-state index contributed by atoms with van der Waals surface area (Å²) in [7, 11) is 3.76. The fraction of sp³-hybridized carbons (Fsp3) is 0.448. The highest BCUT2D eigenvalue weighted by molar-refractivity contribution is 6.30. The molecule has 0 aliphatic carbocycles. The Balaban J connectivity index is 2.39. The van der Waals surface area contributed by atoms with Crippen molar-refractivity contribution in [3.05, 3.63) is 82.4 Å². The van der Waals surface area contributed by atoms with Crippen LogP contribution < -0.4 is 5.32 Å². The quantitative estimate of drug-likeness (QED) is 0.138. The Bertz CT molecular complexity index is 1040. The van der Waals surface area contributed by atoms with E-state index in [4.69, 9.17) is 27.9 Å². The molecular formula is C29H39Cl2N2O3+. The topological polar surface area (TPSA) is 61.6 Å². The van der Waals surface area contributed by atoms with Crippen LogP contribution in [0.25, 0.3) is 0 Å². The van der Waals surface area contributed by atoms with E-state index in [9.17, 15) is 9.90 Å². The van der Waals surface area contributed by atoms with E-state index in [1.54, 1.807) is 30.7 Å². The molecule has 5 nitrogen and oxygen atoms in total. The highest BCUT2D eigenvalue weighted by Crippen LogP contribution is 2.43. The van der Waals surface area contributed by atoms with Crippen LogP contribution >= 0.6 is 23.2 Å². The minimum absolute atomic E-state index is 0.107. The smallest absolute Gasteiger partial charge is 0.323 e. The van der Waals surface area contributed by atoms with Crippen LogP contribution in [0.2, 0.25) is 10.0 Å². The van der Waals surface area contributed by atoms with Crippen molar-refractivity contribution in [3.8, 4) is 0 Å². The minimum atomic E-state index is -0.864. The second-order valence-corrected chi connectivity index (χ2v) is 11.0. The van der Waals surface area contributed by atoms with Gasteiger partial charge >= 0.3 is 6.40 Å². The van der Waals surface area contributed by atoms with Crippen molar-refractivity contribution in [1.82, 2.24) is 5.32 Å². The van der Waals surface area contributed by atoms with Gasteiger partial charge in [0.05, 0.1) is 17.6 Å². The summed E-state index contributed by atoms with van der Waals surface area (Å²) in [6.07, 6.45) is 3.34. The largest absolute Gasteiger partial charge is 0.448 e. The highest BCUT2D eigenvalue weighted by Gasteiger charge is 2.39. The first-order valence-corrected chi connectivity index (χ1v) is 12.9. The number of hydrogen-bond donors (Lipinski definition) is 2. The maximum absolute atomic E-state index is 13.7. The Labute approximate surface area is 225 Å². The first-order valence-electron chi connectivity index (χ1n) is 12.2. The second-order valence-electron chi connectivity index (χ2n) is 10.1. The molecule has 196 valence electrons. The summed E-state index contributed by atoms with van der Waals surface area (Å²) < 4.78 is 7.48. The summed E-state index contributed by atoms with van der Waals surface area (Å²) in [4.78, 5) is 13.7. The number of nitrogens with zero attached hydrogens (tertiary/aromatic N) is 1. The van der Waals surface area contributed by atoms with E-state index in [1.165, 1.54) is 0 Å². The van der Waals surface area contributed by atoms with Crippen LogP contribution in [0.3, 0.4) is 0 Å². The predicted molar refractivity (Wildman–Crippen MR) is 149 cm³/mol. The van der Waals surface area contributed by atoms with Gasteiger partial charge < -0.3 is 15.2 Å². The molecule has 0 radical (unpaired) electrons. The number of allylic oxidation sites excluding steroid dienone is 1. The van der Waals surface area contributed by atoms with Crippen molar-refractivity contribution >= 4 is 35.5 Å². The summed E-state index contributed by atoms with van der Waals surface area (Å²) >= 11 is 12.4. The third-order valence-corrected chi connectivity index (χ3v) is 6.85. The van der Waals surface area contributed by atoms with Crippen molar-refractivity contribution in [1.29, 1.82) is 0 Å². The first kappa shape index (κ1) is 29.9. The molecule has 7 heteroatoms. The molecular weight excluding hydrogens is 495 g/mol. The van der Waals surface area contributed by atoms with E-state index >= 15 is 0 Å². The predicted octanol–water partition coefficient (Wildman–Crippen LogP) is 6.24. The number of aliphatic hydroxyl groups excluding tert-OH is 1. The van der Waals surface area contributed by atoms with Gasteiger partial charge in [-0.3, -0.25) is 4.79 Å². The van der Waals surface area contributed by atoms with Crippen molar-refractivity contribution in [2.75, 3.05) is 20.7 Å². The standard InChI is InChI=1S/C29H38Cl2N2O3/c1-7-15-29(4,28(35)32-26(20(2)3)18-36-19-33(5)6)17-25(22-9-8-10-24(31)16-22)27(34)21-11-13-23(30)14-12-21/h7-14,16,19-20,25-27,34H,1,15,17-18H2,2-6H3/p+1/t25-,26+,27-,29-/m0/s1. The summed E-state index contributed by atoms with van der Waals surface area (Å²) in [6, 6.07) is 14.4. The number of carbonyl (C=O) groups excluding carboxylic acids is 1. The Morgan fingerprint density at radius 1 is 1.14 bits per heavy atom. The number of nitrogens with one attached hydrogen (secondary N) is 1. The van der Waals surface area contributed by atoms with Crippen molar-refractivity contribution < 1.29 is 19.2 Å². The number of hydrogen-bond acceptors (Lipinski definition) is 3. The van der Waals surface area contributed by atoms with Crippen molar-refractivity contribution in [2.45, 2.75) is 51.7 Å². The molecule has 0 unspecified atom stereocenters. The molecule has 0 bridgehead atoms. The number of carbonyl (C=O) groups is 1. The monoisotopic (exact) mass is 533 g/mol. The van der Waals surface area contributed by atoms with Crippen LogP contribution in [0.5, 0.6) is 0 Å². The molecule has 2 aromatic carbocycles. The lowest BCUT2D eigenvalue weighted by atomic mass is 9.72. The number of ether oxygens (including phenoxy) is 1. The van der Waals surface area contributed by atoms with Crippen LogP contribution in [-0.4, -0.2) is 48.7 Å². The lowest BCUT2D eigenvalue weighted by Gasteiger charge is -2.36. The molecule has 0 aliphatic rings. The van der Waals surface area contributed by atoms with E-state index in [-0.39, 0.29) is 17.9 Å². The molecule has 4 atom stereocenters. The zero-order valence-electron chi connectivity index (χ0n) is 21.9. The summed E-state index contributed by atoms with van der Waals surface area (Å²) in [6.45, 7) is 10.3. The highest BCUT2D eigenvalue weighted by atomic mass is 35.5. The summed E-state index contributed by atoms with van der Waals surface area (Å²) in [5.74, 6) is -0.331. The van der Waals surface area contributed by atoms with E-state index in [0.29, 0.717) is 29.5 Å². The molecule has 1 amide bonds. The van der Waals surface area contributed by atoms with Gasteiger partial charge in [-0.25, -0.2) is 4.58 Å².